The number of unbranched alkanes of at least 4 members (excludes halogenated alkanes) is 31. The molecule has 0 unspecified atom stereocenters. The molecule has 1 amide bonds. The lowest BCUT2D eigenvalue weighted by Gasteiger charge is -2.17. The van der Waals surface area contributed by atoms with Crippen LogP contribution in [0.4, 0.5) is 0 Å². The predicted octanol–water partition coefficient (Wildman–Crippen LogP) is 13.2. The Morgan fingerprint density at radius 3 is 1.08 bits per heavy atom. The lowest BCUT2D eigenvalue weighted by Crippen LogP contribution is -2.42. The van der Waals surface area contributed by atoms with Crippen molar-refractivity contribution < 1.29 is 24.2 Å². The Bertz CT molecular complexity index is 727. The molecule has 1 atom stereocenters. The lowest BCUT2D eigenvalue weighted by atomic mass is 10.0. The monoisotopic (exact) mass is 694 g/mol. The van der Waals surface area contributed by atoms with Gasteiger partial charge in [-0.25, -0.2) is 4.79 Å². The van der Waals surface area contributed by atoms with Gasteiger partial charge >= 0.3 is 11.9 Å². The highest BCUT2D eigenvalue weighted by Gasteiger charge is 2.23. The minimum Gasteiger partial charge on any atom is -0.481 e. The fourth-order valence-corrected chi connectivity index (χ4v) is 6.72. The Morgan fingerprint density at radius 2 is 0.755 bits per heavy atom. The van der Waals surface area contributed by atoms with Gasteiger partial charge < -0.3 is 15.2 Å². The summed E-state index contributed by atoms with van der Waals surface area (Å²) in [4.78, 5) is 36.3. The highest BCUT2D eigenvalue weighted by atomic mass is 16.5. The van der Waals surface area contributed by atoms with E-state index in [4.69, 9.17) is 9.84 Å². The van der Waals surface area contributed by atoms with Crippen LogP contribution in [0.2, 0.25) is 0 Å². The van der Waals surface area contributed by atoms with Gasteiger partial charge in [-0.05, 0) is 19.3 Å². The van der Waals surface area contributed by atoms with E-state index in [1.807, 2.05) is 0 Å². The number of ether oxygens (including phenoxy) is 1. The second-order valence-electron chi connectivity index (χ2n) is 14.9. The van der Waals surface area contributed by atoms with Crippen LogP contribution in [0.3, 0.4) is 0 Å². The van der Waals surface area contributed by atoms with Gasteiger partial charge in [0.05, 0.1) is 6.61 Å². The summed E-state index contributed by atoms with van der Waals surface area (Å²) >= 11 is 0. The summed E-state index contributed by atoms with van der Waals surface area (Å²) in [6, 6.07) is -0.879. The minimum absolute atomic E-state index is 0.0674. The molecule has 0 spiro atoms. The van der Waals surface area contributed by atoms with Crippen molar-refractivity contribution in [3.05, 3.63) is 0 Å². The maximum atomic E-state index is 12.7. The third-order valence-electron chi connectivity index (χ3n) is 10.0. The van der Waals surface area contributed by atoms with E-state index in [-0.39, 0.29) is 18.7 Å². The number of carboxylic acid groups (broad SMARTS) is 1. The van der Waals surface area contributed by atoms with Crippen LogP contribution in [-0.4, -0.2) is 35.6 Å². The Hall–Kier alpha value is -1.59. The summed E-state index contributed by atoms with van der Waals surface area (Å²) in [6.07, 6.45) is 42.9. The van der Waals surface area contributed by atoms with E-state index < -0.39 is 18.0 Å². The van der Waals surface area contributed by atoms with Crippen LogP contribution in [0, 0.1) is 0 Å². The molecule has 2 N–H and O–H groups in total. The van der Waals surface area contributed by atoms with Crippen molar-refractivity contribution in [3.8, 4) is 0 Å². The van der Waals surface area contributed by atoms with E-state index in [1.165, 1.54) is 173 Å². The summed E-state index contributed by atoms with van der Waals surface area (Å²) in [7, 11) is 0. The van der Waals surface area contributed by atoms with E-state index in [0.717, 1.165) is 38.5 Å². The number of carbonyl (C=O) groups excluding carboxylic acids is 2. The molecule has 0 aromatic rings. The van der Waals surface area contributed by atoms with Crippen LogP contribution in [0.15, 0.2) is 0 Å². The van der Waals surface area contributed by atoms with Crippen LogP contribution < -0.4 is 5.32 Å². The smallest absolute Gasteiger partial charge is 0.328 e. The summed E-state index contributed by atoms with van der Waals surface area (Å²) in [5.41, 5.74) is 0. The molecule has 0 aliphatic rings. The molecular formula is C43H83NO5. The SMILES string of the molecule is CCCCCCCCCCCCCCCCCCCC(=O)N[C@@H](CCC(=O)O)C(=O)OCCCCCCCCCCCCCCCCCC. The van der Waals surface area contributed by atoms with Gasteiger partial charge in [-0.15, -0.1) is 0 Å². The number of nitrogens with one attached hydrogen (secondary N) is 1. The largest absolute Gasteiger partial charge is 0.481 e. The second-order valence-corrected chi connectivity index (χ2v) is 14.9. The van der Waals surface area contributed by atoms with Gasteiger partial charge in [-0.1, -0.05) is 213 Å². The molecule has 0 radical (unpaired) electrons. The van der Waals surface area contributed by atoms with Crippen LogP contribution in [0.25, 0.3) is 0 Å². The number of carboxylic acids is 1. The van der Waals surface area contributed by atoms with Crippen molar-refractivity contribution >= 4 is 17.8 Å². The van der Waals surface area contributed by atoms with Crippen LogP contribution in [0.1, 0.15) is 245 Å². The molecule has 49 heavy (non-hydrogen) atoms. The van der Waals surface area contributed by atoms with E-state index in [0.29, 0.717) is 13.0 Å². The topological polar surface area (TPSA) is 92.7 Å². The zero-order valence-corrected chi connectivity index (χ0v) is 32.8. The van der Waals surface area contributed by atoms with Crippen molar-refractivity contribution in [3.63, 3.8) is 0 Å². The molecule has 0 bridgehead atoms. The molecule has 6 heteroatoms. The quantitative estimate of drug-likeness (QED) is 0.0492. The fourth-order valence-electron chi connectivity index (χ4n) is 6.72. The maximum absolute atomic E-state index is 12.7. The van der Waals surface area contributed by atoms with Gasteiger partial charge in [0.15, 0.2) is 0 Å². The molecule has 0 saturated carbocycles. The zero-order valence-electron chi connectivity index (χ0n) is 32.8. The fraction of sp³-hybridized carbons (Fsp3) is 0.930. The Labute approximate surface area is 304 Å². The maximum Gasteiger partial charge on any atom is 0.328 e. The van der Waals surface area contributed by atoms with Crippen molar-refractivity contribution in [1.82, 2.24) is 5.32 Å². The molecule has 0 rings (SSSR count). The first-order valence-corrected chi connectivity index (χ1v) is 21.7. The number of esters is 1. The van der Waals surface area contributed by atoms with Crippen LogP contribution >= 0.6 is 0 Å². The number of hydrogen-bond donors (Lipinski definition) is 2. The van der Waals surface area contributed by atoms with Crippen molar-refractivity contribution in [2.45, 2.75) is 251 Å². The van der Waals surface area contributed by atoms with Gasteiger partial charge in [-0.3, -0.25) is 9.59 Å². The molecule has 0 aromatic carbocycles. The van der Waals surface area contributed by atoms with Gasteiger partial charge in [0.25, 0.3) is 0 Å². The first-order valence-electron chi connectivity index (χ1n) is 21.7. The Morgan fingerprint density at radius 1 is 0.449 bits per heavy atom. The van der Waals surface area contributed by atoms with E-state index in [2.05, 4.69) is 19.2 Å². The third-order valence-corrected chi connectivity index (χ3v) is 10.0. The van der Waals surface area contributed by atoms with E-state index in [1.54, 1.807) is 0 Å². The van der Waals surface area contributed by atoms with E-state index >= 15 is 0 Å². The van der Waals surface area contributed by atoms with Crippen LogP contribution in [-0.2, 0) is 19.1 Å². The molecular weight excluding hydrogens is 610 g/mol. The summed E-state index contributed by atoms with van der Waals surface area (Å²) in [5.74, 6) is -1.66. The predicted molar refractivity (Wildman–Crippen MR) is 208 cm³/mol. The number of rotatable bonds is 40. The third kappa shape index (κ3) is 37.5. The molecule has 290 valence electrons. The summed E-state index contributed by atoms with van der Waals surface area (Å²) in [5, 5.41) is 11.9. The standard InChI is InChI=1S/C43H83NO5/c1-3-5-7-9-11-13-15-17-19-21-22-24-26-28-30-32-34-36-41(45)44-40(37-38-42(46)47)43(48)49-39-35-33-31-29-27-25-23-20-18-16-14-12-10-8-6-4-2/h40H,3-39H2,1-2H3,(H,44,45)(H,46,47)/t40-/m0/s1. The molecule has 0 fully saturated rings. The van der Waals surface area contributed by atoms with Crippen molar-refractivity contribution in [1.29, 1.82) is 0 Å². The average molecular weight is 694 g/mol. The molecule has 6 nitrogen and oxygen atoms in total. The average Bonchev–Trinajstić information content (AvgIpc) is 3.09. The summed E-state index contributed by atoms with van der Waals surface area (Å²) < 4.78 is 5.45. The number of aliphatic carboxylic acids is 1. The molecule has 0 aliphatic heterocycles. The van der Waals surface area contributed by atoms with Crippen molar-refractivity contribution in [2.24, 2.45) is 0 Å². The highest BCUT2D eigenvalue weighted by molar-refractivity contribution is 5.84. The van der Waals surface area contributed by atoms with Gasteiger partial charge in [0, 0.05) is 12.8 Å². The lowest BCUT2D eigenvalue weighted by molar-refractivity contribution is -0.148. The van der Waals surface area contributed by atoms with Crippen LogP contribution in [0.5, 0.6) is 0 Å². The minimum atomic E-state index is -0.974. The normalized spacial score (nSPS) is 11.9. The highest BCUT2D eigenvalue weighted by Crippen LogP contribution is 2.16. The Kier molecular flexibility index (Phi) is 37.9. The van der Waals surface area contributed by atoms with Gasteiger partial charge in [0.2, 0.25) is 5.91 Å². The molecule has 0 saturated heterocycles. The van der Waals surface area contributed by atoms with Crippen molar-refractivity contribution in [2.75, 3.05) is 6.61 Å². The first-order chi connectivity index (χ1) is 24.0. The second kappa shape index (κ2) is 39.2. The molecule has 0 aliphatic carbocycles. The van der Waals surface area contributed by atoms with E-state index in [9.17, 15) is 14.4 Å². The zero-order chi connectivity index (χ0) is 35.9. The number of hydrogen-bond acceptors (Lipinski definition) is 4. The Balaban J connectivity index is 3.77. The molecule has 0 heterocycles. The van der Waals surface area contributed by atoms with Gasteiger partial charge in [0.1, 0.15) is 6.04 Å². The first kappa shape index (κ1) is 47.4. The number of carbonyl (C=O) groups is 3. The summed E-state index contributed by atoms with van der Waals surface area (Å²) in [6.45, 7) is 4.87. The number of amides is 1. The molecule has 0 aromatic heterocycles. The van der Waals surface area contributed by atoms with Gasteiger partial charge in [-0.2, -0.15) is 0 Å².